The van der Waals surface area contributed by atoms with Crippen molar-refractivity contribution >= 4 is 5.91 Å². The summed E-state index contributed by atoms with van der Waals surface area (Å²) >= 11 is 0. The smallest absolute Gasteiger partial charge is 0.273 e. The molecule has 2 aromatic carbocycles. The second-order valence-corrected chi connectivity index (χ2v) is 5.30. The molecule has 0 aliphatic rings. The van der Waals surface area contributed by atoms with Crippen molar-refractivity contribution in [2.45, 2.75) is 6.42 Å². The molecule has 0 radical (unpaired) electrons. The van der Waals surface area contributed by atoms with Gasteiger partial charge in [-0.2, -0.15) is 0 Å². The lowest BCUT2D eigenvalue weighted by atomic mass is 10.1. The van der Waals surface area contributed by atoms with Crippen LogP contribution in [0.4, 0.5) is 0 Å². The standard InChI is InChI=1S/C19H18N2O3/c1-23-16-9-7-14(8-10-16)11-12-20-19(22)17-13-18(24-21-17)15-5-3-2-4-6-15/h2-10,13H,11-12H2,1H3,(H,20,22). The molecular weight excluding hydrogens is 304 g/mol. The van der Waals surface area contributed by atoms with E-state index in [1.165, 1.54) is 0 Å². The van der Waals surface area contributed by atoms with Crippen molar-refractivity contribution in [1.82, 2.24) is 10.5 Å². The molecule has 0 unspecified atom stereocenters. The van der Waals surface area contributed by atoms with Gasteiger partial charge >= 0.3 is 0 Å². The van der Waals surface area contributed by atoms with Gasteiger partial charge in [0.1, 0.15) is 5.75 Å². The molecule has 0 fully saturated rings. The van der Waals surface area contributed by atoms with E-state index in [-0.39, 0.29) is 11.6 Å². The first kappa shape index (κ1) is 15.8. The summed E-state index contributed by atoms with van der Waals surface area (Å²) in [7, 11) is 1.64. The highest BCUT2D eigenvalue weighted by atomic mass is 16.5. The molecule has 0 atom stereocenters. The average Bonchev–Trinajstić information content (AvgIpc) is 3.13. The molecule has 0 bridgehead atoms. The van der Waals surface area contributed by atoms with Gasteiger partial charge < -0.3 is 14.6 Å². The Kier molecular flexibility index (Phi) is 4.91. The Bertz CT molecular complexity index is 795. The van der Waals surface area contributed by atoms with E-state index in [0.717, 1.165) is 23.3 Å². The zero-order chi connectivity index (χ0) is 16.8. The van der Waals surface area contributed by atoms with E-state index in [1.807, 2.05) is 54.6 Å². The van der Waals surface area contributed by atoms with Crippen molar-refractivity contribution in [3.05, 3.63) is 71.9 Å². The van der Waals surface area contributed by atoms with Crippen LogP contribution in [-0.2, 0) is 6.42 Å². The van der Waals surface area contributed by atoms with Crippen molar-refractivity contribution in [3.8, 4) is 17.1 Å². The molecule has 0 aliphatic heterocycles. The molecule has 5 nitrogen and oxygen atoms in total. The van der Waals surface area contributed by atoms with E-state index in [4.69, 9.17) is 9.26 Å². The number of nitrogens with one attached hydrogen (secondary N) is 1. The monoisotopic (exact) mass is 322 g/mol. The molecule has 0 saturated heterocycles. The largest absolute Gasteiger partial charge is 0.497 e. The summed E-state index contributed by atoms with van der Waals surface area (Å²) in [5.41, 5.74) is 2.30. The summed E-state index contributed by atoms with van der Waals surface area (Å²) in [5, 5.41) is 6.69. The second-order valence-electron chi connectivity index (χ2n) is 5.30. The highest BCUT2D eigenvalue weighted by Gasteiger charge is 2.13. The predicted octanol–water partition coefficient (Wildman–Crippen LogP) is 3.32. The van der Waals surface area contributed by atoms with Crippen molar-refractivity contribution < 1.29 is 14.1 Å². The van der Waals surface area contributed by atoms with Crippen molar-refractivity contribution in [1.29, 1.82) is 0 Å². The molecule has 0 aliphatic carbocycles. The first-order valence-electron chi connectivity index (χ1n) is 7.69. The molecule has 3 rings (SSSR count). The lowest BCUT2D eigenvalue weighted by molar-refractivity contribution is 0.0945. The fraction of sp³-hybridized carbons (Fsp3) is 0.158. The Hall–Kier alpha value is -3.08. The molecule has 1 aromatic heterocycles. The molecule has 3 aromatic rings. The van der Waals surface area contributed by atoms with Crippen molar-refractivity contribution in [2.75, 3.05) is 13.7 Å². The van der Waals surface area contributed by atoms with Gasteiger partial charge in [-0.05, 0) is 24.1 Å². The second kappa shape index (κ2) is 7.46. The van der Waals surface area contributed by atoms with Crippen LogP contribution < -0.4 is 10.1 Å². The summed E-state index contributed by atoms with van der Waals surface area (Å²) < 4.78 is 10.4. The van der Waals surface area contributed by atoms with Crippen molar-refractivity contribution in [2.24, 2.45) is 0 Å². The lowest BCUT2D eigenvalue weighted by Gasteiger charge is -2.04. The number of carbonyl (C=O) groups excluding carboxylic acids is 1. The normalized spacial score (nSPS) is 10.4. The highest BCUT2D eigenvalue weighted by molar-refractivity contribution is 5.93. The molecule has 0 saturated carbocycles. The topological polar surface area (TPSA) is 64.4 Å². The molecule has 24 heavy (non-hydrogen) atoms. The maximum Gasteiger partial charge on any atom is 0.273 e. The number of amides is 1. The van der Waals surface area contributed by atoms with Crippen LogP contribution in [0, 0.1) is 0 Å². The Balaban J connectivity index is 1.54. The highest BCUT2D eigenvalue weighted by Crippen LogP contribution is 2.19. The number of benzene rings is 2. The predicted molar refractivity (Wildman–Crippen MR) is 91.0 cm³/mol. The minimum atomic E-state index is -0.241. The third kappa shape index (κ3) is 3.81. The minimum absolute atomic E-state index is 0.241. The van der Waals surface area contributed by atoms with Gasteiger partial charge in [0.25, 0.3) is 5.91 Å². The fourth-order valence-corrected chi connectivity index (χ4v) is 2.32. The summed E-state index contributed by atoms with van der Waals surface area (Å²) in [6.07, 6.45) is 0.735. The summed E-state index contributed by atoms with van der Waals surface area (Å²) in [4.78, 5) is 12.1. The van der Waals surface area contributed by atoms with Crippen molar-refractivity contribution in [3.63, 3.8) is 0 Å². The van der Waals surface area contributed by atoms with Gasteiger partial charge in [0.15, 0.2) is 11.5 Å². The molecule has 1 amide bonds. The van der Waals surface area contributed by atoms with E-state index >= 15 is 0 Å². The Morgan fingerprint density at radius 3 is 2.58 bits per heavy atom. The number of rotatable bonds is 6. The van der Waals surface area contributed by atoms with Gasteiger partial charge in [-0.3, -0.25) is 4.79 Å². The van der Waals surface area contributed by atoms with Crippen LogP contribution in [0.15, 0.2) is 65.2 Å². The number of methoxy groups -OCH3 is 1. The van der Waals surface area contributed by atoms with Crippen LogP contribution in [0.2, 0.25) is 0 Å². The van der Waals surface area contributed by atoms with Crippen LogP contribution in [0.25, 0.3) is 11.3 Å². The maximum atomic E-state index is 12.1. The van der Waals surface area contributed by atoms with Gasteiger partial charge in [-0.25, -0.2) is 0 Å². The zero-order valence-electron chi connectivity index (χ0n) is 13.4. The molecule has 1 N–H and O–H groups in total. The summed E-state index contributed by atoms with van der Waals surface area (Å²) in [6.45, 7) is 0.526. The van der Waals surface area contributed by atoms with Gasteiger partial charge in [0, 0.05) is 18.2 Å². The van der Waals surface area contributed by atoms with Crippen LogP contribution in [0.1, 0.15) is 16.1 Å². The van der Waals surface area contributed by atoms with Gasteiger partial charge in [0.05, 0.1) is 7.11 Å². The first-order chi connectivity index (χ1) is 11.8. The number of aromatic nitrogens is 1. The Labute approximate surface area is 140 Å². The number of nitrogens with zero attached hydrogens (tertiary/aromatic N) is 1. The van der Waals surface area contributed by atoms with Crippen LogP contribution >= 0.6 is 0 Å². The molecular formula is C19H18N2O3. The van der Waals surface area contributed by atoms with Crippen LogP contribution in [0.3, 0.4) is 0 Å². The minimum Gasteiger partial charge on any atom is -0.497 e. The number of hydrogen-bond donors (Lipinski definition) is 1. The molecule has 5 heteroatoms. The maximum absolute atomic E-state index is 12.1. The SMILES string of the molecule is COc1ccc(CCNC(=O)c2cc(-c3ccccc3)on2)cc1. The van der Waals surface area contributed by atoms with E-state index in [2.05, 4.69) is 10.5 Å². The quantitative estimate of drug-likeness (QED) is 0.756. The van der Waals surface area contributed by atoms with Crippen LogP contribution in [0.5, 0.6) is 5.75 Å². The summed E-state index contributed by atoms with van der Waals surface area (Å²) in [6, 6.07) is 19.0. The average molecular weight is 322 g/mol. The van der Waals surface area contributed by atoms with E-state index in [1.54, 1.807) is 13.2 Å². The zero-order valence-corrected chi connectivity index (χ0v) is 13.4. The Morgan fingerprint density at radius 1 is 1.12 bits per heavy atom. The van der Waals surface area contributed by atoms with Gasteiger partial charge in [-0.1, -0.05) is 47.6 Å². The molecule has 122 valence electrons. The first-order valence-corrected chi connectivity index (χ1v) is 7.69. The Morgan fingerprint density at radius 2 is 1.88 bits per heavy atom. The number of hydrogen-bond acceptors (Lipinski definition) is 4. The van der Waals surface area contributed by atoms with Gasteiger partial charge in [-0.15, -0.1) is 0 Å². The number of carbonyl (C=O) groups is 1. The summed E-state index contributed by atoms with van der Waals surface area (Å²) in [5.74, 6) is 1.16. The third-order valence-corrected chi connectivity index (χ3v) is 3.66. The molecule has 1 heterocycles. The molecule has 0 spiro atoms. The van der Waals surface area contributed by atoms with Gasteiger partial charge in [0.2, 0.25) is 0 Å². The number of ether oxygens (including phenoxy) is 1. The lowest BCUT2D eigenvalue weighted by Crippen LogP contribution is -2.25. The third-order valence-electron chi connectivity index (χ3n) is 3.66. The van der Waals surface area contributed by atoms with Crippen LogP contribution in [-0.4, -0.2) is 24.7 Å². The van der Waals surface area contributed by atoms with E-state index in [9.17, 15) is 4.79 Å². The van der Waals surface area contributed by atoms with E-state index < -0.39 is 0 Å². The fourth-order valence-electron chi connectivity index (χ4n) is 2.32. The van der Waals surface area contributed by atoms with E-state index in [0.29, 0.717) is 12.3 Å².